The minimum atomic E-state index is -0.284. The number of carbonyl (C=O) groups excluding carboxylic acids is 1. The fraction of sp³-hybridized carbons (Fsp3) is 0.200. The molecule has 1 amide bonds. The number of aryl methyl sites for hydroxylation is 3. The van der Waals surface area contributed by atoms with E-state index in [2.05, 4.69) is 24.1 Å². The number of nitrogens with one attached hydrogen (secondary N) is 1. The number of hydrogen-bond acceptors (Lipinski definition) is 4. The monoisotopic (exact) mass is 468 g/mol. The van der Waals surface area contributed by atoms with Gasteiger partial charge in [-0.25, -0.2) is 4.98 Å². The SMILES string of the molecule is Cc1cc2nc(Cc3ccc(NC(=O)COc4c(C)cc(Cl)cc4Cl)cc3)oc2cc1C. The van der Waals surface area contributed by atoms with Crippen molar-refractivity contribution < 1.29 is 13.9 Å². The first-order valence-corrected chi connectivity index (χ1v) is 10.9. The van der Waals surface area contributed by atoms with Gasteiger partial charge in [-0.3, -0.25) is 4.79 Å². The van der Waals surface area contributed by atoms with E-state index in [0.29, 0.717) is 33.8 Å². The van der Waals surface area contributed by atoms with Gasteiger partial charge in [0.1, 0.15) is 11.3 Å². The summed E-state index contributed by atoms with van der Waals surface area (Å²) in [5, 5.41) is 3.71. The lowest BCUT2D eigenvalue weighted by atomic mass is 10.1. The van der Waals surface area contributed by atoms with E-state index < -0.39 is 0 Å². The van der Waals surface area contributed by atoms with E-state index >= 15 is 0 Å². The Kier molecular flexibility index (Phi) is 6.40. The summed E-state index contributed by atoms with van der Waals surface area (Å²) in [6, 6.07) is 14.9. The van der Waals surface area contributed by atoms with Crippen LogP contribution >= 0.6 is 23.2 Å². The molecule has 1 heterocycles. The highest BCUT2D eigenvalue weighted by Crippen LogP contribution is 2.31. The van der Waals surface area contributed by atoms with Gasteiger partial charge >= 0.3 is 0 Å². The van der Waals surface area contributed by atoms with Crippen LogP contribution in [0, 0.1) is 20.8 Å². The number of rotatable bonds is 6. The molecule has 32 heavy (non-hydrogen) atoms. The molecule has 164 valence electrons. The van der Waals surface area contributed by atoms with Crippen molar-refractivity contribution in [1.82, 2.24) is 4.98 Å². The number of ether oxygens (including phenoxy) is 1. The number of oxazole rings is 1. The Bertz CT molecular complexity index is 1230. The second-order valence-electron chi connectivity index (χ2n) is 7.76. The summed E-state index contributed by atoms with van der Waals surface area (Å²) in [7, 11) is 0. The van der Waals surface area contributed by atoms with Crippen molar-refractivity contribution in [1.29, 1.82) is 0 Å². The van der Waals surface area contributed by atoms with Crippen molar-refractivity contribution in [2.45, 2.75) is 27.2 Å². The number of hydrogen-bond donors (Lipinski definition) is 1. The lowest BCUT2D eigenvalue weighted by molar-refractivity contribution is -0.118. The maximum Gasteiger partial charge on any atom is 0.262 e. The van der Waals surface area contributed by atoms with Gasteiger partial charge in [0.25, 0.3) is 5.91 Å². The Labute approximate surface area is 196 Å². The van der Waals surface area contributed by atoms with Crippen molar-refractivity contribution in [3.63, 3.8) is 0 Å². The molecule has 0 fully saturated rings. The van der Waals surface area contributed by atoms with E-state index in [-0.39, 0.29) is 12.5 Å². The van der Waals surface area contributed by atoms with E-state index in [0.717, 1.165) is 22.2 Å². The second kappa shape index (κ2) is 9.23. The van der Waals surface area contributed by atoms with Crippen LogP contribution in [-0.2, 0) is 11.2 Å². The van der Waals surface area contributed by atoms with Gasteiger partial charge in [0.05, 0.1) is 5.02 Å². The molecule has 0 bridgehead atoms. The van der Waals surface area contributed by atoms with Gasteiger partial charge < -0.3 is 14.5 Å². The van der Waals surface area contributed by atoms with Crippen molar-refractivity contribution in [2.75, 3.05) is 11.9 Å². The molecule has 4 aromatic rings. The van der Waals surface area contributed by atoms with Gasteiger partial charge in [-0.15, -0.1) is 0 Å². The van der Waals surface area contributed by atoms with Crippen LogP contribution in [0.2, 0.25) is 10.0 Å². The van der Waals surface area contributed by atoms with Gasteiger partial charge in [0.2, 0.25) is 0 Å². The van der Waals surface area contributed by atoms with Crippen LogP contribution in [0.15, 0.2) is 52.9 Å². The summed E-state index contributed by atoms with van der Waals surface area (Å²) in [5.41, 5.74) is 6.50. The minimum absolute atomic E-state index is 0.161. The highest BCUT2D eigenvalue weighted by atomic mass is 35.5. The largest absolute Gasteiger partial charge is 0.482 e. The maximum atomic E-state index is 12.3. The number of carbonyl (C=O) groups is 1. The summed E-state index contributed by atoms with van der Waals surface area (Å²) in [4.78, 5) is 16.9. The van der Waals surface area contributed by atoms with E-state index in [1.165, 1.54) is 11.1 Å². The fourth-order valence-corrected chi connectivity index (χ4v) is 4.04. The lowest BCUT2D eigenvalue weighted by Gasteiger charge is -2.12. The Balaban J connectivity index is 1.36. The molecule has 0 aliphatic heterocycles. The molecule has 4 rings (SSSR count). The second-order valence-corrected chi connectivity index (χ2v) is 8.60. The van der Waals surface area contributed by atoms with Crippen LogP contribution in [0.25, 0.3) is 11.1 Å². The van der Waals surface area contributed by atoms with Crippen LogP contribution in [0.3, 0.4) is 0 Å². The molecule has 1 N–H and O–H groups in total. The third-order valence-electron chi connectivity index (χ3n) is 5.18. The molecule has 0 saturated heterocycles. The molecular weight excluding hydrogens is 447 g/mol. The van der Waals surface area contributed by atoms with Gasteiger partial charge in [-0.05, 0) is 79.4 Å². The zero-order chi connectivity index (χ0) is 22.8. The highest BCUT2D eigenvalue weighted by molar-refractivity contribution is 6.35. The standard InChI is InChI=1S/C25H22Cl2N2O3/c1-14-9-21-22(10-15(14)2)32-24(29-21)11-17-4-6-19(7-5-17)28-23(30)13-31-25-16(3)8-18(26)12-20(25)27/h4-10,12H,11,13H2,1-3H3,(H,28,30). The van der Waals surface area contributed by atoms with Gasteiger partial charge in [0.15, 0.2) is 18.1 Å². The normalized spacial score (nSPS) is 11.0. The van der Waals surface area contributed by atoms with E-state index in [1.807, 2.05) is 43.3 Å². The molecule has 0 atom stereocenters. The van der Waals surface area contributed by atoms with Crippen molar-refractivity contribution in [2.24, 2.45) is 0 Å². The van der Waals surface area contributed by atoms with Crippen LogP contribution in [0.1, 0.15) is 28.1 Å². The molecule has 5 nitrogen and oxygen atoms in total. The predicted molar refractivity (Wildman–Crippen MR) is 128 cm³/mol. The molecular formula is C25H22Cl2N2O3. The zero-order valence-corrected chi connectivity index (χ0v) is 19.5. The third kappa shape index (κ3) is 5.06. The number of benzene rings is 3. The minimum Gasteiger partial charge on any atom is -0.482 e. The number of aromatic nitrogens is 1. The molecule has 3 aromatic carbocycles. The zero-order valence-electron chi connectivity index (χ0n) is 18.0. The summed E-state index contributed by atoms with van der Waals surface area (Å²) in [5.74, 6) is 0.823. The number of anilines is 1. The van der Waals surface area contributed by atoms with Crippen molar-refractivity contribution >= 4 is 45.9 Å². The molecule has 7 heteroatoms. The Morgan fingerprint density at radius 2 is 1.72 bits per heavy atom. The Hall–Kier alpha value is -3.02. The molecule has 0 unspecified atom stereocenters. The smallest absolute Gasteiger partial charge is 0.262 e. The molecule has 0 spiro atoms. The summed E-state index contributed by atoms with van der Waals surface area (Å²) in [6.45, 7) is 5.78. The average Bonchev–Trinajstić information content (AvgIpc) is 3.10. The van der Waals surface area contributed by atoms with Gasteiger partial charge in [0, 0.05) is 17.1 Å². The van der Waals surface area contributed by atoms with Crippen molar-refractivity contribution in [3.8, 4) is 5.75 Å². The van der Waals surface area contributed by atoms with Crippen LogP contribution in [0.5, 0.6) is 5.75 Å². The van der Waals surface area contributed by atoms with Crippen LogP contribution < -0.4 is 10.1 Å². The van der Waals surface area contributed by atoms with Crippen LogP contribution in [0.4, 0.5) is 5.69 Å². The lowest BCUT2D eigenvalue weighted by Crippen LogP contribution is -2.20. The summed E-state index contributed by atoms with van der Waals surface area (Å²) >= 11 is 12.1. The quantitative estimate of drug-likeness (QED) is 0.343. The Morgan fingerprint density at radius 1 is 1.00 bits per heavy atom. The molecule has 0 radical (unpaired) electrons. The molecule has 0 aliphatic carbocycles. The van der Waals surface area contributed by atoms with Gasteiger partial charge in [-0.1, -0.05) is 35.3 Å². The molecule has 0 aliphatic rings. The average molecular weight is 469 g/mol. The predicted octanol–water partition coefficient (Wildman–Crippen LogP) is 6.67. The van der Waals surface area contributed by atoms with E-state index in [1.54, 1.807) is 12.1 Å². The number of fused-ring (bicyclic) bond motifs is 1. The number of amides is 1. The first-order valence-electron chi connectivity index (χ1n) is 10.1. The molecule has 0 saturated carbocycles. The first kappa shape index (κ1) is 22.2. The van der Waals surface area contributed by atoms with Gasteiger partial charge in [-0.2, -0.15) is 0 Å². The molecule has 1 aromatic heterocycles. The number of nitrogens with zero attached hydrogens (tertiary/aromatic N) is 1. The van der Waals surface area contributed by atoms with E-state index in [9.17, 15) is 4.79 Å². The number of halogens is 2. The fourth-order valence-electron chi connectivity index (χ4n) is 3.39. The summed E-state index contributed by atoms with van der Waals surface area (Å²) in [6.07, 6.45) is 0.568. The maximum absolute atomic E-state index is 12.3. The highest BCUT2D eigenvalue weighted by Gasteiger charge is 2.11. The Morgan fingerprint density at radius 3 is 2.44 bits per heavy atom. The summed E-state index contributed by atoms with van der Waals surface area (Å²) < 4.78 is 11.5. The van der Waals surface area contributed by atoms with Crippen molar-refractivity contribution in [3.05, 3.63) is 86.7 Å². The topological polar surface area (TPSA) is 64.4 Å². The first-order chi connectivity index (χ1) is 15.3. The van der Waals surface area contributed by atoms with Crippen LogP contribution in [-0.4, -0.2) is 17.5 Å². The van der Waals surface area contributed by atoms with E-state index in [4.69, 9.17) is 32.4 Å². The third-order valence-corrected chi connectivity index (χ3v) is 5.68.